The van der Waals surface area contributed by atoms with Crippen molar-refractivity contribution in [3.05, 3.63) is 70.8 Å². The molecule has 0 N–H and O–H groups in total. The molecule has 2 aromatic rings. The van der Waals surface area contributed by atoms with Crippen LogP contribution in [0.25, 0.3) is 0 Å². The number of carbonyl (C=O) groups excluding carboxylic acids is 1. The van der Waals surface area contributed by atoms with Gasteiger partial charge in [0, 0.05) is 28.4 Å². The van der Waals surface area contributed by atoms with E-state index in [4.69, 9.17) is 10.00 Å². The number of ether oxygens (including phenoxy) is 1. The average molecular weight is 313 g/mol. The van der Waals surface area contributed by atoms with Crippen molar-refractivity contribution >= 4 is 16.8 Å². The van der Waals surface area contributed by atoms with Crippen molar-refractivity contribution in [2.24, 2.45) is 0 Å². The van der Waals surface area contributed by atoms with Crippen molar-refractivity contribution < 1.29 is 13.7 Å². The molecule has 2 aromatic carbocycles. The summed E-state index contributed by atoms with van der Waals surface area (Å²) < 4.78 is 16.5. The fraction of sp³-hybridized carbons (Fsp3) is 0.176. The summed E-state index contributed by atoms with van der Waals surface area (Å²) in [5, 5.41) is 9.00. The highest BCUT2D eigenvalue weighted by molar-refractivity contribution is 7.83. The molecule has 5 heteroatoms. The highest BCUT2D eigenvalue weighted by Crippen LogP contribution is 2.12. The molecule has 0 aliphatic rings. The second-order valence-electron chi connectivity index (χ2n) is 4.76. The molecule has 0 heterocycles. The number of hydrogen-bond acceptors (Lipinski definition) is 4. The van der Waals surface area contributed by atoms with E-state index >= 15 is 0 Å². The molecule has 0 spiro atoms. The molecule has 0 bridgehead atoms. The van der Waals surface area contributed by atoms with Gasteiger partial charge in [0.05, 0.1) is 17.2 Å². The van der Waals surface area contributed by atoms with Gasteiger partial charge < -0.3 is 4.74 Å². The van der Waals surface area contributed by atoms with E-state index in [-0.39, 0.29) is 6.61 Å². The van der Waals surface area contributed by atoms with Crippen molar-refractivity contribution in [2.75, 3.05) is 6.26 Å². The number of carbonyl (C=O) groups is 1. The first-order valence-corrected chi connectivity index (χ1v) is 8.37. The lowest BCUT2D eigenvalue weighted by Gasteiger charge is -2.07. The lowest BCUT2D eigenvalue weighted by atomic mass is 10.1. The van der Waals surface area contributed by atoms with E-state index in [0.717, 1.165) is 5.56 Å². The molecule has 0 saturated carbocycles. The Morgan fingerprint density at radius 2 is 2.00 bits per heavy atom. The Hall–Kier alpha value is -2.45. The van der Waals surface area contributed by atoms with Gasteiger partial charge in [0.15, 0.2) is 0 Å². The first-order valence-electron chi connectivity index (χ1n) is 6.64. The molecule has 1 unspecified atom stereocenters. The molecule has 4 nitrogen and oxygen atoms in total. The minimum absolute atomic E-state index is 0.0481. The fourth-order valence-electron chi connectivity index (χ4n) is 2.00. The fourth-order valence-corrected chi connectivity index (χ4v) is 2.65. The van der Waals surface area contributed by atoms with E-state index in [2.05, 4.69) is 6.07 Å². The van der Waals surface area contributed by atoms with Gasteiger partial charge in [-0.25, -0.2) is 4.79 Å². The van der Waals surface area contributed by atoms with Crippen LogP contribution >= 0.6 is 0 Å². The molecule has 0 radical (unpaired) electrons. The van der Waals surface area contributed by atoms with Crippen LogP contribution in [0.2, 0.25) is 0 Å². The van der Waals surface area contributed by atoms with Crippen molar-refractivity contribution in [1.29, 1.82) is 5.26 Å². The first kappa shape index (κ1) is 15.9. The highest BCUT2D eigenvalue weighted by Gasteiger charge is 2.10. The summed E-state index contributed by atoms with van der Waals surface area (Å²) in [6.07, 6.45) is 1.61. The zero-order valence-corrected chi connectivity index (χ0v) is 12.9. The van der Waals surface area contributed by atoms with E-state index < -0.39 is 16.8 Å². The van der Waals surface area contributed by atoms with Gasteiger partial charge in [0.1, 0.15) is 6.61 Å². The standard InChI is InChI=1S/C17H15NO3S/c1-22(20)12-13-5-4-8-14(9-13)17(19)21-11-16-7-3-2-6-15(16)10-18/h2-9H,11-12H2,1H3. The summed E-state index contributed by atoms with van der Waals surface area (Å²) in [4.78, 5) is 12.1. The summed E-state index contributed by atoms with van der Waals surface area (Å²) in [6, 6.07) is 15.9. The van der Waals surface area contributed by atoms with E-state index in [0.29, 0.717) is 22.4 Å². The third kappa shape index (κ3) is 4.27. The quantitative estimate of drug-likeness (QED) is 0.796. The minimum atomic E-state index is -0.964. The van der Waals surface area contributed by atoms with Gasteiger partial charge in [0.2, 0.25) is 0 Å². The zero-order chi connectivity index (χ0) is 15.9. The summed E-state index contributed by atoms with van der Waals surface area (Å²) >= 11 is 0. The molecule has 112 valence electrons. The van der Waals surface area contributed by atoms with Crippen LogP contribution < -0.4 is 0 Å². The molecule has 0 aromatic heterocycles. The Kier molecular flexibility index (Phi) is 5.45. The maximum Gasteiger partial charge on any atom is 0.338 e. The van der Waals surface area contributed by atoms with Crippen LogP contribution in [0.5, 0.6) is 0 Å². The van der Waals surface area contributed by atoms with Crippen LogP contribution in [0.15, 0.2) is 48.5 Å². The van der Waals surface area contributed by atoms with Crippen molar-refractivity contribution in [3.8, 4) is 6.07 Å². The maximum absolute atomic E-state index is 12.1. The molecule has 0 aliphatic carbocycles. The summed E-state index contributed by atoms with van der Waals surface area (Å²) in [6.45, 7) is 0.0481. The normalized spacial score (nSPS) is 11.5. The van der Waals surface area contributed by atoms with E-state index in [1.807, 2.05) is 6.07 Å². The van der Waals surface area contributed by atoms with Crippen LogP contribution in [0.1, 0.15) is 27.0 Å². The number of nitrogens with zero attached hydrogens (tertiary/aromatic N) is 1. The largest absolute Gasteiger partial charge is 0.457 e. The van der Waals surface area contributed by atoms with Gasteiger partial charge in [-0.05, 0) is 23.8 Å². The second-order valence-corrected chi connectivity index (χ2v) is 6.20. The van der Waals surface area contributed by atoms with E-state index in [1.165, 1.54) is 0 Å². The van der Waals surface area contributed by atoms with Crippen LogP contribution in [-0.2, 0) is 27.9 Å². The van der Waals surface area contributed by atoms with Gasteiger partial charge in [-0.15, -0.1) is 0 Å². The molecule has 0 amide bonds. The monoisotopic (exact) mass is 313 g/mol. The Balaban J connectivity index is 2.06. The molecule has 22 heavy (non-hydrogen) atoms. The molecule has 0 saturated heterocycles. The van der Waals surface area contributed by atoms with Gasteiger partial charge in [-0.2, -0.15) is 5.26 Å². The van der Waals surface area contributed by atoms with Crippen molar-refractivity contribution in [1.82, 2.24) is 0 Å². The maximum atomic E-state index is 12.1. The predicted molar refractivity (Wildman–Crippen MR) is 84.5 cm³/mol. The Morgan fingerprint density at radius 3 is 2.73 bits per heavy atom. The molecule has 0 fully saturated rings. The Labute approximate surface area is 131 Å². The van der Waals surface area contributed by atoms with Gasteiger partial charge >= 0.3 is 5.97 Å². The number of rotatable bonds is 5. The van der Waals surface area contributed by atoms with E-state index in [9.17, 15) is 9.00 Å². The van der Waals surface area contributed by atoms with Gasteiger partial charge in [-0.3, -0.25) is 4.21 Å². The molecular formula is C17H15NO3S. The summed E-state index contributed by atoms with van der Waals surface area (Å²) in [5.74, 6) is -0.0604. The van der Waals surface area contributed by atoms with Crippen molar-refractivity contribution in [3.63, 3.8) is 0 Å². The molecular weight excluding hydrogens is 298 g/mol. The smallest absolute Gasteiger partial charge is 0.338 e. The lowest BCUT2D eigenvalue weighted by molar-refractivity contribution is 0.0472. The topological polar surface area (TPSA) is 67.2 Å². The van der Waals surface area contributed by atoms with Crippen molar-refractivity contribution in [2.45, 2.75) is 12.4 Å². The predicted octanol–water partition coefficient (Wildman–Crippen LogP) is 2.79. The Bertz CT molecular complexity index is 750. The Morgan fingerprint density at radius 1 is 1.23 bits per heavy atom. The van der Waals surface area contributed by atoms with Crippen LogP contribution in [-0.4, -0.2) is 16.4 Å². The lowest BCUT2D eigenvalue weighted by Crippen LogP contribution is -2.07. The SMILES string of the molecule is CS(=O)Cc1cccc(C(=O)OCc2ccccc2C#N)c1. The zero-order valence-electron chi connectivity index (χ0n) is 12.1. The highest BCUT2D eigenvalue weighted by atomic mass is 32.2. The molecule has 0 aliphatic heterocycles. The number of benzene rings is 2. The summed E-state index contributed by atoms with van der Waals surface area (Å²) in [7, 11) is -0.964. The number of hydrogen-bond donors (Lipinski definition) is 0. The first-order chi connectivity index (χ1) is 10.6. The van der Waals surface area contributed by atoms with E-state index in [1.54, 1.807) is 48.7 Å². The minimum Gasteiger partial charge on any atom is -0.457 e. The van der Waals surface area contributed by atoms with Crippen LogP contribution in [0, 0.1) is 11.3 Å². The van der Waals surface area contributed by atoms with Crippen LogP contribution in [0.3, 0.4) is 0 Å². The number of nitriles is 1. The van der Waals surface area contributed by atoms with Crippen LogP contribution in [0.4, 0.5) is 0 Å². The van der Waals surface area contributed by atoms with Gasteiger partial charge in [0.25, 0.3) is 0 Å². The van der Waals surface area contributed by atoms with Gasteiger partial charge in [-0.1, -0.05) is 30.3 Å². The second kappa shape index (κ2) is 7.53. The average Bonchev–Trinajstić information content (AvgIpc) is 2.52. The molecule has 2 rings (SSSR count). The molecule has 1 atom stereocenters. The summed E-state index contributed by atoms with van der Waals surface area (Å²) in [5.41, 5.74) is 2.40. The third-order valence-electron chi connectivity index (χ3n) is 3.03. The third-order valence-corrected chi connectivity index (χ3v) is 3.77. The number of esters is 1.